The Bertz CT molecular complexity index is 223. The van der Waals surface area contributed by atoms with E-state index in [1.165, 1.54) is 6.26 Å². The number of hydrogen-bond donors (Lipinski definition) is 1. The predicted octanol–water partition coefficient (Wildman–Crippen LogP) is 0.301. The summed E-state index contributed by atoms with van der Waals surface area (Å²) in [6, 6.07) is -0.126. The van der Waals surface area contributed by atoms with Gasteiger partial charge in [0.15, 0.2) is 9.84 Å². The Hall–Kier alpha value is -0.0900. The van der Waals surface area contributed by atoms with E-state index in [4.69, 9.17) is 5.73 Å². The fraction of sp³-hybridized carbons (Fsp3) is 1.00. The third-order valence-electron chi connectivity index (χ3n) is 2.30. The molecule has 0 unspecified atom stereocenters. The van der Waals surface area contributed by atoms with Gasteiger partial charge in [0.2, 0.25) is 0 Å². The second-order valence-electron chi connectivity index (χ2n) is 3.32. The minimum Gasteiger partial charge on any atom is -0.327 e. The lowest BCUT2D eigenvalue weighted by Crippen LogP contribution is -2.42. The van der Waals surface area contributed by atoms with Gasteiger partial charge in [0.05, 0.1) is 5.25 Å². The molecule has 1 rings (SSSR count). The third-order valence-corrected chi connectivity index (χ3v) is 3.99. The first-order chi connectivity index (χ1) is 5.02. The Morgan fingerprint density at radius 2 is 1.82 bits per heavy atom. The van der Waals surface area contributed by atoms with E-state index in [1.54, 1.807) is 0 Å². The molecule has 0 aromatic carbocycles. The maximum absolute atomic E-state index is 11.1. The van der Waals surface area contributed by atoms with Gasteiger partial charge in [0, 0.05) is 12.3 Å². The molecule has 0 heterocycles. The van der Waals surface area contributed by atoms with Crippen LogP contribution in [0.1, 0.15) is 25.7 Å². The van der Waals surface area contributed by atoms with Gasteiger partial charge in [-0.1, -0.05) is 12.8 Å². The van der Waals surface area contributed by atoms with Crippen LogP contribution in [0.25, 0.3) is 0 Å². The zero-order chi connectivity index (χ0) is 8.48. The van der Waals surface area contributed by atoms with Crippen molar-refractivity contribution in [3.63, 3.8) is 0 Å². The van der Waals surface area contributed by atoms with Gasteiger partial charge in [-0.15, -0.1) is 0 Å². The van der Waals surface area contributed by atoms with Crippen LogP contribution in [-0.2, 0) is 9.84 Å². The smallest absolute Gasteiger partial charge is 0.151 e. The maximum atomic E-state index is 11.1. The van der Waals surface area contributed by atoms with E-state index in [1.807, 2.05) is 0 Å². The summed E-state index contributed by atoms with van der Waals surface area (Å²) in [5.41, 5.74) is 5.69. The summed E-state index contributed by atoms with van der Waals surface area (Å²) in [4.78, 5) is 0. The molecule has 2 atom stereocenters. The Balaban J connectivity index is 2.70. The lowest BCUT2D eigenvalue weighted by molar-refractivity contribution is 0.433. The van der Waals surface area contributed by atoms with Crippen LogP contribution >= 0.6 is 0 Å². The molecule has 3 nitrogen and oxygen atoms in total. The molecule has 2 N–H and O–H groups in total. The lowest BCUT2D eigenvalue weighted by atomic mass is 9.96. The quantitative estimate of drug-likeness (QED) is 0.626. The lowest BCUT2D eigenvalue weighted by Gasteiger charge is -2.26. The Morgan fingerprint density at radius 3 is 2.18 bits per heavy atom. The molecule has 1 aliphatic carbocycles. The summed E-state index contributed by atoms with van der Waals surface area (Å²) in [5, 5.41) is -0.281. The normalized spacial score (nSPS) is 33.6. The second-order valence-corrected chi connectivity index (χ2v) is 5.58. The van der Waals surface area contributed by atoms with Crippen LogP contribution in [-0.4, -0.2) is 26.0 Å². The van der Waals surface area contributed by atoms with Gasteiger partial charge >= 0.3 is 0 Å². The first kappa shape index (κ1) is 9.00. The molecule has 0 radical (unpaired) electrons. The minimum absolute atomic E-state index is 0.126. The molecule has 4 heteroatoms. The van der Waals surface area contributed by atoms with Crippen molar-refractivity contribution < 1.29 is 8.42 Å². The van der Waals surface area contributed by atoms with Gasteiger partial charge in [-0.2, -0.15) is 0 Å². The summed E-state index contributed by atoms with van der Waals surface area (Å²) in [6.45, 7) is 0. The van der Waals surface area contributed by atoms with Gasteiger partial charge in [-0.3, -0.25) is 0 Å². The van der Waals surface area contributed by atoms with Crippen LogP contribution in [0.2, 0.25) is 0 Å². The van der Waals surface area contributed by atoms with Gasteiger partial charge in [-0.05, 0) is 12.8 Å². The summed E-state index contributed by atoms with van der Waals surface area (Å²) in [5.74, 6) is 0. The maximum Gasteiger partial charge on any atom is 0.151 e. The van der Waals surface area contributed by atoms with E-state index in [2.05, 4.69) is 0 Å². The highest BCUT2D eigenvalue weighted by atomic mass is 32.2. The minimum atomic E-state index is -2.90. The van der Waals surface area contributed by atoms with Crippen LogP contribution in [0.3, 0.4) is 0 Å². The average Bonchev–Trinajstić information content (AvgIpc) is 1.86. The Labute approximate surface area is 67.9 Å². The monoisotopic (exact) mass is 177 g/mol. The standard InChI is InChI=1S/C7H15NO2S/c1-11(9,10)7-5-3-2-4-6(7)8/h6-7H,2-5,8H2,1H3/t6-,7+/m1/s1. The predicted molar refractivity (Wildman–Crippen MR) is 45.1 cm³/mol. The van der Waals surface area contributed by atoms with Crippen molar-refractivity contribution in [2.45, 2.75) is 37.0 Å². The van der Waals surface area contributed by atoms with Crippen LogP contribution in [0.15, 0.2) is 0 Å². The van der Waals surface area contributed by atoms with E-state index < -0.39 is 9.84 Å². The largest absolute Gasteiger partial charge is 0.327 e. The summed E-state index contributed by atoms with van der Waals surface area (Å²) in [6.07, 6.45) is 4.97. The molecule has 0 aromatic rings. The van der Waals surface area contributed by atoms with Crippen LogP contribution < -0.4 is 5.73 Å². The molecular weight excluding hydrogens is 162 g/mol. The molecule has 0 saturated heterocycles. The third kappa shape index (κ3) is 2.17. The van der Waals surface area contributed by atoms with Gasteiger partial charge in [-0.25, -0.2) is 8.42 Å². The molecule has 0 amide bonds. The zero-order valence-corrected chi connectivity index (χ0v) is 7.60. The molecule has 1 saturated carbocycles. The molecule has 0 spiro atoms. The number of hydrogen-bond acceptors (Lipinski definition) is 3. The van der Waals surface area contributed by atoms with Crippen molar-refractivity contribution in [2.75, 3.05) is 6.26 Å². The van der Waals surface area contributed by atoms with Gasteiger partial charge in [0.25, 0.3) is 0 Å². The summed E-state index contributed by atoms with van der Waals surface area (Å²) < 4.78 is 22.2. The van der Waals surface area contributed by atoms with Crippen molar-refractivity contribution in [1.82, 2.24) is 0 Å². The van der Waals surface area contributed by atoms with E-state index in [-0.39, 0.29) is 11.3 Å². The zero-order valence-electron chi connectivity index (χ0n) is 6.79. The Kier molecular flexibility index (Phi) is 2.54. The molecule has 1 aliphatic rings. The van der Waals surface area contributed by atoms with Crippen LogP contribution in [0.5, 0.6) is 0 Å². The van der Waals surface area contributed by atoms with Crippen molar-refractivity contribution in [1.29, 1.82) is 0 Å². The Morgan fingerprint density at radius 1 is 1.27 bits per heavy atom. The van der Waals surface area contributed by atoms with E-state index in [0.717, 1.165) is 25.7 Å². The van der Waals surface area contributed by atoms with Gasteiger partial charge < -0.3 is 5.73 Å². The van der Waals surface area contributed by atoms with E-state index in [0.29, 0.717) is 0 Å². The molecule has 11 heavy (non-hydrogen) atoms. The fourth-order valence-corrected chi connectivity index (χ4v) is 3.02. The molecule has 0 aromatic heterocycles. The van der Waals surface area contributed by atoms with Crippen molar-refractivity contribution >= 4 is 9.84 Å². The van der Waals surface area contributed by atoms with Crippen molar-refractivity contribution in [3.05, 3.63) is 0 Å². The van der Waals surface area contributed by atoms with Crippen LogP contribution in [0, 0.1) is 0 Å². The van der Waals surface area contributed by atoms with E-state index in [9.17, 15) is 8.42 Å². The highest BCUT2D eigenvalue weighted by Gasteiger charge is 2.29. The molecular formula is C7H15NO2S. The highest BCUT2D eigenvalue weighted by molar-refractivity contribution is 7.91. The second kappa shape index (κ2) is 3.11. The SMILES string of the molecule is CS(=O)(=O)[C@H]1CCCC[C@H]1N. The summed E-state index contributed by atoms with van der Waals surface area (Å²) >= 11 is 0. The van der Waals surface area contributed by atoms with Crippen LogP contribution in [0.4, 0.5) is 0 Å². The molecule has 1 fully saturated rings. The molecule has 66 valence electrons. The van der Waals surface area contributed by atoms with Crippen molar-refractivity contribution in [3.8, 4) is 0 Å². The summed E-state index contributed by atoms with van der Waals surface area (Å²) in [7, 11) is -2.90. The highest BCUT2D eigenvalue weighted by Crippen LogP contribution is 2.22. The number of nitrogens with two attached hydrogens (primary N) is 1. The number of rotatable bonds is 1. The fourth-order valence-electron chi connectivity index (χ4n) is 1.66. The van der Waals surface area contributed by atoms with Crippen molar-refractivity contribution in [2.24, 2.45) is 5.73 Å². The number of sulfone groups is 1. The van der Waals surface area contributed by atoms with Gasteiger partial charge in [0.1, 0.15) is 0 Å². The average molecular weight is 177 g/mol. The molecule has 0 bridgehead atoms. The van der Waals surface area contributed by atoms with E-state index >= 15 is 0 Å². The first-order valence-electron chi connectivity index (χ1n) is 3.96. The molecule has 0 aliphatic heterocycles. The first-order valence-corrected chi connectivity index (χ1v) is 5.92. The topological polar surface area (TPSA) is 60.2 Å².